The quantitative estimate of drug-likeness (QED) is 0.425. The van der Waals surface area contributed by atoms with E-state index in [4.69, 9.17) is 0 Å². The van der Waals surface area contributed by atoms with Gasteiger partial charge in [0.1, 0.15) is 5.52 Å². The predicted octanol–water partition coefficient (Wildman–Crippen LogP) is 1.83. The van der Waals surface area contributed by atoms with Crippen LogP contribution in [0.25, 0.3) is 27.7 Å². The number of nitrogens with zero attached hydrogens (tertiary/aromatic N) is 5. The minimum absolute atomic E-state index is 0.659. The van der Waals surface area contributed by atoms with E-state index in [-0.39, 0.29) is 0 Å². The molecule has 0 saturated heterocycles. The molecule has 0 amide bonds. The van der Waals surface area contributed by atoms with Gasteiger partial charge in [-0.2, -0.15) is 5.10 Å². The Labute approximate surface area is 95.8 Å². The molecule has 80 valence electrons. The summed E-state index contributed by atoms with van der Waals surface area (Å²) in [5, 5.41) is 4.28. The molecule has 4 aromatic rings. The Balaban J connectivity index is 2.29. The van der Waals surface area contributed by atoms with Gasteiger partial charge in [0, 0.05) is 12.4 Å². The van der Waals surface area contributed by atoms with Crippen LogP contribution in [0.3, 0.4) is 0 Å². The lowest BCUT2D eigenvalue weighted by molar-refractivity contribution is 1.00. The maximum atomic E-state index is 4.47. The second-order valence-electron chi connectivity index (χ2n) is 3.79. The van der Waals surface area contributed by atoms with E-state index in [9.17, 15) is 0 Å². The van der Waals surface area contributed by atoms with Crippen molar-refractivity contribution in [1.82, 2.24) is 24.6 Å². The van der Waals surface area contributed by atoms with Gasteiger partial charge in [0.05, 0.1) is 22.7 Å². The number of pyridine rings is 2. The third kappa shape index (κ3) is 1.13. The van der Waals surface area contributed by atoms with E-state index >= 15 is 0 Å². The summed E-state index contributed by atoms with van der Waals surface area (Å²) >= 11 is 0. The van der Waals surface area contributed by atoms with Crippen molar-refractivity contribution in [3.05, 3.63) is 42.9 Å². The Kier molecular flexibility index (Phi) is 1.50. The summed E-state index contributed by atoms with van der Waals surface area (Å²) in [5.74, 6) is 0. The van der Waals surface area contributed by atoms with Crippen LogP contribution < -0.4 is 0 Å². The predicted molar refractivity (Wildman–Crippen MR) is 63.6 cm³/mol. The molecule has 4 rings (SSSR count). The van der Waals surface area contributed by atoms with Crippen LogP contribution in [0.1, 0.15) is 0 Å². The van der Waals surface area contributed by atoms with E-state index in [2.05, 4.69) is 20.1 Å². The zero-order valence-electron chi connectivity index (χ0n) is 8.78. The summed E-state index contributed by atoms with van der Waals surface area (Å²) in [5.41, 5.74) is 4.30. The van der Waals surface area contributed by atoms with E-state index in [0.717, 1.165) is 22.1 Å². The topological polar surface area (TPSA) is 56.0 Å². The van der Waals surface area contributed by atoms with Gasteiger partial charge in [-0.15, -0.1) is 0 Å². The van der Waals surface area contributed by atoms with E-state index in [1.165, 1.54) is 0 Å². The number of aromatic nitrogens is 5. The van der Waals surface area contributed by atoms with Gasteiger partial charge in [0.15, 0.2) is 5.65 Å². The lowest BCUT2D eigenvalue weighted by Gasteiger charge is -2.02. The fraction of sp³-hybridized carbons (Fsp3) is 0. The minimum Gasteiger partial charge on any atom is -0.251 e. The Morgan fingerprint density at radius 1 is 0.882 bits per heavy atom. The first-order chi connectivity index (χ1) is 8.42. The Morgan fingerprint density at radius 2 is 1.82 bits per heavy atom. The molecule has 0 aromatic carbocycles. The van der Waals surface area contributed by atoms with E-state index < -0.39 is 0 Å². The van der Waals surface area contributed by atoms with E-state index in [1.54, 1.807) is 18.6 Å². The standard InChI is InChI=1S/C12H7N5/c1-2-9-11(17-8(1)3-4-15-17)7-10-12(16-9)14-6-5-13-10/h1-7H. The van der Waals surface area contributed by atoms with Gasteiger partial charge >= 0.3 is 0 Å². The van der Waals surface area contributed by atoms with Gasteiger partial charge in [0.25, 0.3) is 0 Å². The smallest absolute Gasteiger partial charge is 0.178 e. The maximum Gasteiger partial charge on any atom is 0.178 e. The fourth-order valence-electron chi connectivity index (χ4n) is 2.00. The zero-order valence-corrected chi connectivity index (χ0v) is 8.78. The molecule has 0 radical (unpaired) electrons. The van der Waals surface area contributed by atoms with Crippen LogP contribution in [0.15, 0.2) is 42.9 Å². The molecular weight excluding hydrogens is 214 g/mol. The number of rotatable bonds is 0. The molecular formula is C12H7N5. The Morgan fingerprint density at radius 3 is 2.82 bits per heavy atom. The molecule has 4 heterocycles. The van der Waals surface area contributed by atoms with E-state index in [0.29, 0.717) is 5.65 Å². The highest BCUT2D eigenvalue weighted by Crippen LogP contribution is 2.18. The van der Waals surface area contributed by atoms with Crippen LogP contribution in [-0.4, -0.2) is 24.6 Å². The van der Waals surface area contributed by atoms with Crippen molar-refractivity contribution in [1.29, 1.82) is 0 Å². The van der Waals surface area contributed by atoms with Crippen LogP contribution >= 0.6 is 0 Å². The molecule has 0 spiro atoms. The van der Waals surface area contributed by atoms with Crippen LogP contribution in [0, 0.1) is 0 Å². The van der Waals surface area contributed by atoms with Gasteiger partial charge in [0.2, 0.25) is 0 Å². The normalized spacial score (nSPS) is 11.5. The SMILES string of the molecule is c1cnc2nc3ccc4ccnn4c3cc2n1. The molecule has 0 atom stereocenters. The van der Waals surface area contributed by atoms with E-state index in [1.807, 2.05) is 28.8 Å². The van der Waals surface area contributed by atoms with Gasteiger partial charge < -0.3 is 0 Å². The molecule has 0 aliphatic rings. The number of hydrogen-bond acceptors (Lipinski definition) is 4. The lowest BCUT2D eigenvalue weighted by atomic mass is 10.3. The summed E-state index contributed by atoms with van der Waals surface area (Å²) in [6, 6.07) is 7.88. The molecule has 0 aliphatic heterocycles. The van der Waals surface area contributed by atoms with Crippen molar-refractivity contribution in [2.24, 2.45) is 0 Å². The fourth-order valence-corrected chi connectivity index (χ4v) is 2.00. The second-order valence-corrected chi connectivity index (χ2v) is 3.79. The highest BCUT2D eigenvalue weighted by molar-refractivity contribution is 5.88. The molecule has 5 heteroatoms. The molecule has 17 heavy (non-hydrogen) atoms. The Bertz CT molecular complexity index is 849. The lowest BCUT2D eigenvalue weighted by Crippen LogP contribution is -1.94. The molecule has 0 fully saturated rings. The van der Waals surface area contributed by atoms with Crippen molar-refractivity contribution >= 4 is 27.7 Å². The first kappa shape index (κ1) is 8.58. The molecule has 0 bridgehead atoms. The summed E-state index contributed by atoms with van der Waals surface area (Å²) in [7, 11) is 0. The molecule has 0 N–H and O–H groups in total. The number of fused-ring (bicyclic) bond motifs is 4. The molecule has 4 aromatic heterocycles. The minimum atomic E-state index is 0.659. The van der Waals surface area contributed by atoms with Crippen molar-refractivity contribution < 1.29 is 0 Å². The van der Waals surface area contributed by atoms with Gasteiger partial charge in [-0.05, 0) is 24.3 Å². The first-order valence-corrected chi connectivity index (χ1v) is 5.26. The second kappa shape index (κ2) is 2.98. The van der Waals surface area contributed by atoms with Crippen LogP contribution in [0.5, 0.6) is 0 Å². The first-order valence-electron chi connectivity index (χ1n) is 5.26. The summed E-state index contributed by atoms with van der Waals surface area (Å²) in [4.78, 5) is 12.9. The Hall–Kier alpha value is -2.56. The highest BCUT2D eigenvalue weighted by Gasteiger charge is 2.05. The third-order valence-electron chi connectivity index (χ3n) is 2.78. The molecule has 0 saturated carbocycles. The summed E-state index contributed by atoms with van der Waals surface area (Å²) in [6.45, 7) is 0. The summed E-state index contributed by atoms with van der Waals surface area (Å²) in [6.07, 6.45) is 5.09. The van der Waals surface area contributed by atoms with Crippen molar-refractivity contribution in [3.8, 4) is 0 Å². The van der Waals surface area contributed by atoms with Gasteiger partial charge in [-0.3, -0.25) is 4.98 Å². The van der Waals surface area contributed by atoms with Crippen LogP contribution in [-0.2, 0) is 0 Å². The van der Waals surface area contributed by atoms with Crippen LogP contribution in [0.2, 0.25) is 0 Å². The average molecular weight is 221 g/mol. The summed E-state index contributed by atoms with van der Waals surface area (Å²) < 4.78 is 1.86. The van der Waals surface area contributed by atoms with Crippen LogP contribution in [0.4, 0.5) is 0 Å². The number of hydrogen-bond donors (Lipinski definition) is 0. The van der Waals surface area contributed by atoms with Gasteiger partial charge in [-0.1, -0.05) is 0 Å². The zero-order chi connectivity index (χ0) is 11.2. The van der Waals surface area contributed by atoms with Crippen molar-refractivity contribution in [2.75, 3.05) is 0 Å². The highest BCUT2D eigenvalue weighted by atomic mass is 15.2. The van der Waals surface area contributed by atoms with Gasteiger partial charge in [-0.25, -0.2) is 14.5 Å². The van der Waals surface area contributed by atoms with Crippen molar-refractivity contribution in [3.63, 3.8) is 0 Å². The molecule has 0 unspecified atom stereocenters. The monoisotopic (exact) mass is 221 g/mol. The third-order valence-corrected chi connectivity index (χ3v) is 2.78. The average Bonchev–Trinajstić information content (AvgIpc) is 2.85. The maximum absolute atomic E-state index is 4.47. The largest absolute Gasteiger partial charge is 0.251 e. The molecule has 0 aliphatic carbocycles. The molecule has 5 nitrogen and oxygen atoms in total. The van der Waals surface area contributed by atoms with Crippen molar-refractivity contribution in [2.45, 2.75) is 0 Å².